The molecule has 4 rings (SSSR count). The monoisotopic (exact) mass is 392 g/mol. The molecule has 1 aliphatic carbocycles. The minimum Gasteiger partial charge on any atom is -0.479 e. The van der Waals surface area contributed by atoms with E-state index in [1.807, 2.05) is 28.8 Å². The number of nitrogens with zero attached hydrogens (tertiary/aromatic N) is 2. The number of fused-ring (bicyclic) bond motifs is 2. The van der Waals surface area contributed by atoms with Crippen LogP contribution in [-0.2, 0) is 16.1 Å². The Morgan fingerprint density at radius 1 is 0.966 bits per heavy atom. The molecule has 0 radical (unpaired) electrons. The van der Waals surface area contributed by atoms with Crippen molar-refractivity contribution in [2.45, 2.75) is 44.2 Å². The largest absolute Gasteiger partial charge is 0.479 e. The molecule has 0 bridgehead atoms. The lowest BCUT2D eigenvalue weighted by atomic mass is 9.80. The maximum Gasteiger partial charge on any atom is 0.329 e. The number of carbonyl (C=O) groups is 2. The van der Waals surface area contributed by atoms with E-state index in [0.29, 0.717) is 34.6 Å². The molecule has 0 atom stereocenters. The molecule has 1 saturated carbocycles. The van der Waals surface area contributed by atoms with Crippen LogP contribution in [0.2, 0.25) is 0 Å². The number of aromatic nitrogens is 1. The van der Waals surface area contributed by atoms with Crippen molar-refractivity contribution in [3.05, 3.63) is 58.8 Å². The summed E-state index contributed by atoms with van der Waals surface area (Å²) in [4.78, 5) is 39.6. The second-order valence-corrected chi connectivity index (χ2v) is 7.80. The highest BCUT2D eigenvalue weighted by Gasteiger charge is 2.45. The highest BCUT2D eigenvalue weighted by atomic mass is 16.4. The Kier molecular flexibility index (Phi) is 4.86. The van der Waals surface area contributed by atoms with Gasteiger partial charge in [-0.1, -0.05) is 43.5 Å². The van der Waals surface area contributed by atoms with Gasteiger partial charge in [-0.2, -0.15) is 0 Å². The van der Waals surface area contributed by atoms with Crippen molar-refractivity contribution in [3.63, 3.8) is 0 Å². The molecule has 0 unspecified atom stereocenters. The summed E-state index contributed by atoms with van der Waals surface area (Å²) in [5.74, 6) is -1.21. The van der Waals surface area contributed by atoms with E-state index >= 15 is 0 Å². The molecule has 0 saturated heterocycles. The van der Waals surface area contributed by atoms with Gasteiger partial charge in [-0.25, -0.2) is 4.79 Å². The number of carboxylic acids is 1. The van der Waals surface area contributed by atoms with Gasteiger partial charge in [-0.05, 0) is 37.1 Å². The Balaban J connectivity index is 1.81. The fourth-order valence-electron chi connectivity index (χ4n) is 4.56. The van der Waals surface area contributed by atoms with E-state index in [2.05, 4.69) is 0 Å². The minimum atomic E-state index is -1.15. The molecule has 6 nitrogen and oxygen atoms in total. The SMILES string of the molecule is CN(C(=O)Cn1c2ccccc2c(=O)c2ccccc21)C1(C(=O)O)CCCCC1. The summed E-state index contributed by atoms with van der Waals surface area (Å²) in [5, 5.41) is 11.0. The van der Waals surface area contributed by atoms with Crippen molar-refractivity contribution >= 4 is 33.7 Å². The first-order valence-corrected chi connectivity index (χ1v) is 9.96. The van der Waals surface area contributed by atoms with E-state index in [0.717, 1.165) is 19.3 Å². The predicted octanol–water partition coefficient (Wildman–Crippen LogP) is 3.40. The lowest BCUT2D eigenvalue weighted by molar-refractivity contribution is -0.160. The quantitative estimate of drug-likeness (QED) is 0.690. The van der Waals surface area contributed by atoms with Gasteiger partial charge in [-0.3, -0.25) is 9.59 Å². The number of carboxylic acid groups (broad SMARTS) is 1. The fourth-order valence-corrected chi connectivity index (χ4v) is 4.56. The third kappa shape index (κ3) is 3.09. The minimum absolute atomic E-state index is 0.0210. The Bertz CT molecular complexity index is 1100. The summed E-state index contributed by atoms with van der Waals surface area (Å²) in [5.41, 5.74) is 0.124. The summed E-state index contributed by atoms with van der Waals surface area (Å²) < 4.78 is 1.82. The smallest absolute Gasteiger partial charge is 0.329 e. The van der Waals surface area contributed by atoms with Crippen molar-refractivity contribution in [1.29, 1.82) is 0 Å². The van der Waals surface area contributed by atoms with Crippen LogP contribution in [0.1, 0.15) is 32.1 Å². The molecule has 2 aromatic carbocycles. The lowest BCUT2D eigenvalue weighted by Crippen LogP contribution is -2.57. The summed E-state index contributed by atoms with van der Waals surface area (Å²) in [6, 6.07) is 14.4. The average molecular weight is 392 g/mol. The van der Waals surface area contributed by atoms with Gasteiger partial charge in [0.1, 0.15) is 12.1 Å². The molecule has 0 aliphatic heterocycles. The van der Waals surface area contributed by atoms with Gasteiger partial charge in [0.15, 0.2) is 5.43 Å². The van der Waals surface area contributed by atoms with Crippen LogP contribution in [0.15, 0.2) is 53.3 Å². The Morgan fingerprint density at radius 3 is 2.00 bits per heavy atom. The first-order chi connectivity index (χ1) is 14.0. The predicted molar refractivity (Wildman–Crippen MR) is 112 cm³/mol. The molecule has 1 heterocycles. The van der Waals surface area contributed by atoms with Crippen LogP contribution in [0, 0.1) is 0 Å². The van der Waals surface area contributed by atoms with Gasteiger partial charge < -0.3 is 14.6 Å². The van der Waals surface area contributed by atoms with Crippen LogP contribution < -0.4 is 5.43 Å². The molecule has 1 amide bonds. The van der Waals surface area contributed by atoms with Crippen LogP contribution >= 0.6 is 0 Å². The Morgan fingerprint density at radius 2 is 1.48 bits per heavy atom. The van der Waals surface area contributed by atoms with Gasteiger partial charge in [-0.15, -0.1) is 0 Å². The molecule has 6 heteroatoms. The van der Waals surface area contributed by atoms with Crippen LogP contribution in [0.5, 0.6) is 0 Å². The highest BCUT2D eigenvalue weighted by Crippen LogP contribution is 2.33. The van der Waals surface area contributed by atoms with Crippen LogP contribution in [0.25, 0.3) is 21.8 Å². The second-order valence-electron chi connectivity index (χ2n) is 7.80. The van der Waals surface area contributed by atoms with Crippen LogP contribution in [0.4, 0.5) is 0 Å². The molecular weight excluding hydrogens is 368 g/mol. The number of benzene rings is 2. The first-order valence-electron chi connectivity index (χ1n) is 9.96. The molecule has 3 aromatic rings. The number of hydrogen-bond acceptors (Lipinski definition) is 3. The molecule has 1 N–H and O–H groups in total. The summed E-state index contributed by atoms with van der Waals surface area (Å²) in [6.07, 6.45) is 3.53. The number of carbonyl (C=O) groups excluding carboxylic acids is 1. The fraction of sp³-hybridized carbons (Fsp3) is 0.348. The summed E-state index contributed by atoms with van der Waals surface area (Å²) in [7, 11) is 1.59. The zero-order valence-corrected chi connectivity index (χ0v) is 16.4. The van der Waals surface area contributed by atoms with Gasteiger partial charge in [0.2, 0.25) is 5.91 Å². The van der Waals surface area contributed by atoms with E-state index in [1.54, 1.807) is 31.3 Å². The lowest BCUT2D eigenvalue weighted by Gasteiger charge is -2.41. The number of likely N-dealkylation sites (N-methyl/N-ethyl adjacent to an activating group) is 1. The van der Waals surface area contributed by atoms with Crippen molar-refractivity contribution in [2.24, 2.45) is 0 Å². The standard InChI is InChI=1S/C23H24N2O4/c1-24(23(22(28)29)13-7-2-8-14-23)20(26)15-25-18-11-5-3-9-16(18)21(27)17-10-4-6-12-19(17)25/h3-6,9-12H,2,7-8,13-15H2,1H3,(H,28,29). The number of amides is 1. The van der Waals surface area contributed by atoms with Crippen LogP contribution in [0.3, 0.4) is 0 Å². The zero-order chi connectivity index (χ0) is 20.6. The molecule has 29 heavy (non-hydrogen) atoms. The van der Waals surface area contributed by atoms with Crippen molar-refractivity contribution in [2.75, 3.05) is 7.05 Å². The van der Waals surface area contributed by atoms with E-state index in [1.165, 1.54) is 4.90 Å². The summed E-state index contributed by atoms with van der Waals surface area (Å²) in [6.45, 7) is -0.0210. The van der Waals surface area contributed by atoms with Gasteiger partial charge in [0.05, 0.1) is 11.0 Å². The Hall–Kier alpha value is -3.15. The van der Waals surface area contributed by atoms with Crippen LogP contribution in [-0.4, -0.2) is 39.0 Å². The van der Waals surface area contributed by atoms with Gasteiger partial charge in [0, 0.05) is 17.8 Å². The number of pyridine rings is 1. The highest BCUT2D eigenvalue weighted by molar-refractivity contribution is 5.95. The van der Waals surface area contributed by atoms with Gasteiger partial charge in [0.25, 0.3) is 0 Å². The number of aliphatic carboxylic acids is 1. The molecule has 0 spiro atoms. The molecule has 1 fully saturated rings. The van der Waals surface area contributed by atoms with Crippen molar-refractivity contribution < 1.29 is 14.7 Å². The topological polar surface area (TPSA) is 79.6 Å². The molecular formula is C23H24N2O4. The number of para-hydroxylation sites is 2. The Labute approximate surface area is 168 Å². The van der Waals surface area contributed by atoms with E-state index in [4.69, 9.17) is 0 Å². The third-order valence-electron chi connectivity index (χ3n) is 6.27. The van der Waals surface area contributed by atoms with Crippen molar-refractivity contribution in [3.8, 4) is 0 Å². The van der Waals surface area contributed by atoms with E-state index < -0.39 is 11.5 Å². The van der Waals surface area contributed by atoms with Crippen molar-refractivity contribution in [1.82, 2.24) is 9.47 Å². The summed E-state index contributed by atoms with van der Waals surface area (Å²) >= 11 is 0. The van der Waals surface area contributed by atoms with E-state index in [-0.39, 0.29) is 17.9 Å². The molecule has 1 aliphatic rings. The third-order valence-corrected chi connectivity index (χ3v) is 6.27. The number of rotatable bonds is 4. The normalized spacial score (nSPS) is 16.0. The first kappa shape index (κ1) is 19.2. The zero-order valence-electron chi connectivity index (χ0n) is 16.4. The molecule has 1 aromatic heterocycles. The maximum atomic E-state index is 13.3. The maximum absolute atomic E-state index is 13.3. The molecule has 150 valence electrons. The second kappa shape index (κ2) is 7.35. The number of hydrogen-bond donors (Lipinski definition) is 1. The van der Waals surface area contributed by atoms with Gasteiger partial charge >= 0.3 is 5.97 Å². The van der Waals surface area contributed by atoms with E-state index in [9.17, 15) is 19.5 Å². The average Bonchev–Trinajstić information content (AvgIpc) is 2.76.